The highest BCUT2D eigenvalue weighted by Crippen LogP contribution is 2.33. The Hall–Kier alpha value is -2.14. The molecule has 1 fully saturated rings. The molecule has 0 spiro atoms. The van der Waals surface area contributed by atoms with Crippen molar-refractivity contribution in [2.45, 2.75) is 42.5 Å². The SMILES string of the molecule is COc1ccc(S(=O)(=O)NCCN(C2CC2)S(=O)(=O)c2ccc(OC)cc2C)c(C)c1. The third kappa shape index (κ3) is 5.20. The fourth-order valence-electron chi connectivity index (χ4n) is 3.44. The number of aryl methyl sites for hydroxylation is 2. The van der Waals surface area contributed by atoms with Gasteiger partial charge in [0, 0.05) is 19.1 Å². The highest BCUT2D eigenvalue weighted by atomic mass is 32.2. The van der Waals surface area contributed by atoms with Crippen molar-refractivity contribution in [1.82, 2.24) is 9.03 Å². The average molecular weight is 469 g/mol. The van der Waals surface area contributed by atoms with Gasteiger partial charge in [0.15, 0.2) is 0 Å². The molecule has 0 atom stereocenters. The van der Waals surface area contributed by atoms with Crippen molar-refractivity contribution in [3.63, 3.8) is 0 Å². The van der Waals surface area contributed by atoms with Crippen LogP contribution in [0.1, 0.15) is 24.0 Å². The van der Waals surface area contributed by atoms with Crippen molar-refractivity contribution in [2.75, 3.05) is 27.3 Å². The summed E-state index contributed by atoms with van der Waals surface area (Å²) >= 11 is 0. The minimum atomic E-state index is -3.79. The highest BCUT2D eigenvalue weighted by Gasteiger charge is 2.38. The largest absolute Gasteiger partial charge is 0.497 e. The normalized spacial score (nSPS) is 14.6. The molecule has 0 saturated heterocycles. The minimum Gasteiger partial charge on any atom is -0.497 e. The van der Waals surface area contributed by atoms with Crippen LogP contribution in [0.2, 0.25) is 0 Å². The molecule has 2 aromatic carbocycles. The Morgan fingerprint density at radius 3 is 1.87 bits per heavy atom. The summed E-state index contributed by atoms with van der Waals surface area (Å²) in [6.07, 6.45) is 1.53. The predicted octanol–water partition coefficient (Wildman–Crippen LogP) is 2.45. The molecule has 10 heteroatoms. The lowest BCUT2D eigenvalue weighted by Crippen LogP contribution is -2.40. The number of rotatable bonds is 10. The Bertz CT molecular complexity index is 1160. The van der Waals surface area contributed by atoms with Gasteiger partial charge < -0.3 is 9.47 Å². The van der Waals surface area contributed by atoms with E-state index < -0.39 is 20.0 Å². The smallest absolute Gasteiger partial charge is 0.243 e. The first-order valence-corrected chi connectivity index (χ1v) is 12.8. The van der Waals surface area contributed by atoms with Gasteiger partial charge in [0.25, 0.3) is 0 Å². The van der Waals surface area contributed by atoms with Crippen LogP contribution in [0.5, 0.6) is 11.5 Å². The van der Waals surface area contributed by atoms with E-state index in [1.165, 1.54) is 30.7 Å². The van der Waals surface area contributed by atoms with Gasteiger partial charge in [0.1, 0.15) is 11.5 Å². The lowest BCUT2D eigenvalue weighted by molar-refractivity contribution is 0.404. The number of hydrogen-bond donors (Lipinski definition) is 1. The van der Waals surface area contributed by atoms with Crippen molar-refractivity contribution in [2.24, 2.45) is 0 Å². The fraction of sp³-hybridized carbons (Fsp3) is 0.429. The van der Waals surface area contributed by atoms with Gasteiger partial charge in [-0.1, -0.05) is 0 Å². The topological polar surface area (TPSA) is 102 Å². The number of methoxy groups -OCH3 is 2. The van der Waals surface area contributed by atoms with Crippen molar-refractivity contribution in [3.05, 3.63) is 47.5 Å². The maximum absolute atomic E-state index is 13.3. The van der Waals surface area contributed by atoms with Crippen LogP contribution in [0.25, 0.3) is 0 Å². The van der Waals surface area contributed by atoms with Crippen LogP contribution in [0.3, 0.4) is 0 Å². The van der Waals surface area contributed by atoms with Gasteiger partial charge in [-0.3, -0.25) is 0 Å². The molecule has 1 saturated carbocycles. The highest BCUT2D eigenvalue weighted by molar-refractivity contribution is 7.89. The first kappa shape index (κ1) is 23.5. The molecule has 31 heavy (non-hydrogen) atoms. The van der Waals surface area contributed by atoms with E-state index in [4.69, 9.17) is 9.47 Å². The van der Waals surface area contributed by atoms with Crippen LogP contribution in [-0.2, 0) is 20.0 Å². The number of benzene rings is 2. The second-order valence-electron chi connectivity index (χ2n) is 7.51. The molecule has 0 unspecified atom stereocenters. The van der Waals surface area contributed by atoms with Crippen LogP contribution < -0.4 is 14.2 Å². The molecule has 0 amide bonds. The molecule has 2 aromatic rings. The molecule has 0 radical (unpaired) electrons. The van der Waals surface area contributed by atoms with Gasteiger partial charge in [0.05, 0.1) is 24.0 Å². The third-order valence-electron chi connectivity index (χ3n) is 5.22. The molecule has 1 N–H and O–H groups in total. The van der Waals surface area contributed by atoms with Gasteiger partial charge in [0.2, 0.25) is 20.0 Å². The van der Waals surface area contributed by atoms with E-state index in [-0.39, 0.29) is 28.9 Å². The molecule has 1 aliphatic rings. The Morgan fingerprint density at radius 1 is 0.903 bits per heavy atom. The quantitative estimate of drug-likeness (QED) is 0.575. The maximum Gasteiger partial charge on any atom is 0.243 e. The number of ether oxygens (including phenoxy) is 2. The van der Waals surface area contributed by atoms with E-state index in [2.05, 4.69) is 4.72 Å². The number of nitrogens with zero attached hydrogens (tertiary/aromatic N) is 1. The minimum absolute atomic E-state index is 0.0290. The molecule has 0 aliphatic heterocycles. The fourth-order valence-corrected chi connectivity index (χ4v) is 6.58. The zero-order valence-electron chi connectivity index (χ0n) is 18.1. The van der Waals surface area contributed by atoms with E-state index in [0.29, 0.717) is 22.6 Å². The zero-order chi connectivity index (χ0) is 22.8. The summed E-state index contributed by atoms with van der Waals surface area (Å²) in [6.45, 7) is 3.42. The molecule has 0 bridgehead atoms. The lowest BCUT2D eigenvalue weighted by Gasteiger charge is -2.23. The van der Waals surface area contributed by atoms with Crippen molar-refractivity contribution in [3.8, 4) is 11.5 Å². The van der Waals surface area contributed by atoms with Crippen molar-refractivity contribution < 1.29 is 26.3 Å². The molecule has 8 nitrogen and oxygen atoms in total. The average Bonchev–Trinajstić information content (AvgIpc) is 3.55. The predicted molar refractivity (Wildman–Crippen MR) is 118 cm³/mol. The molecule has 1 aliphatic carbocycles. The monoisotopic (exact) mass is 468 g/mol. The van der Waals surface area contributed by atoms with Crippen LogP contribution in [0.15, 0.2) is 46.2 Å². The summed E-state index contributed by atoms with van der Waals surface area (Å²) in [5.41, 5.74) is 1.13. The second-order valence-corrected chi connectivity index (χ2v) is 11.1. The number of hydrogen-bond acceptors (Lipinski definition) is 6. The second kappa shape index (κ2) is 9.15. The molecule has 0 heterocycles. The Morgan fingerprint density at radius 2 is 1.42 bits per heavy atom. The van der Waals surface area contributed by atoms with Crippen LogP contribution in [0.4, 0.5) is 0 Å². The van der Waals surface area contributed by atoms with Crippen LogP contribution in [-0.4, -0.2) is 54.5 Å². The van der Waals surface area contributed by atoms with Crippen LogP contribution >= 0.6 is 0 Å². The molecule has 3 rings (SSSR count). The Balaban J connectivity index is 1.76. The number of nitrogens with one attached hydrogen (secondary N) is 1. The summed E-state index contributed by atoms with van der Waals surface area (Å²) in [5.74, 6) is 1.15. The van der Waals surface area contributed by atoms with E-state index in [1.54, 1.807) is 38.1 Å². The van der Waals surface area contributed by atoms with E-state index >= 15 is 0 Å². The number of sulfonamides is 2. The summed E-state index contributed by atoms with van der Waals surface area (Å²) in [7, 11) is -4.52. The first-order chi connectivity index (χ1) is 14.6. The standard InChI is InChI=1S/C21H28N2O6S2/c1-15-13-18(28-3)7-9-20(15)30(24,25)22-11-12-23(17-5-6-17)31(26,27)21-10-8-19(29-4)14-16(21)2/h7-10,13-14,17,22H,5-6,11-12H2,1-4H3. The van der Waals surface area contributed by atoms with E-state index in [0.717, 1.165) is 12.8 Å². The maximum atomic E-state index is 13.3. The first-order valence-electron chi connectivity index (χ1n) is 9.91. The van der Waals surface area contributed by atoms with Gasteiger partial charge in [-0.2, -0.15) is 4.31 Å². The van der Waals surface area contributed by atoms with E-state index in [9.17, 15) is 16.8 Å². The van der Waals surface area contributed by atoms with Gasteiger partial charge in [-0.25, -0.2) is 21.6 Å². The summed E-state index contributed by atoms with van der Waals surface area (Å²) in [4.78, 5) is 0.342. The van der Waals surface area contributed by atoms with Gasteiger partial charge in [-0.15, -0.1) is 0 Å². The molecule has 170 valence electrons. The Kier molecular flexibility index (Phi) is 6.95. The van der Waals surface area contributed by atoms with Crippen molar-refractivity contribution >= 4 is 20.0 Å². The van der Waals surface area contributed by atoms with Gasteiger partial charge in [-0.05, 0) is 74.2 Å². The van der Waals surface area contributed by atoms with Crippen molar-refractivity contribution in [1.29, 1.82) is 0 Å². The van der Waals surface area contributed by atoms with Crippen LogP contribution in [0, 0.1) is 13.8 Å². The Labute approximate surface area is 184 Å². The van der Waals surface area contributed by atoms with Gasteiger partial charge >= 0.3 is 0 Å². The molecular weight excluding hydrogens is 440 g/mol. The third-order valence-corrected chi connectivity index (χ3v) is 8.95. The molecular formula is C21H28N2O6S2. The molecule has 0 aromatic heterocycles. The zero-order valence-corrected chi connectivity index (χ0v) is 19.7. The summed E-state index contributed by atoms with van der Waals surface area (Å²) in [5, 5.41) is 0. The lowest BCUT2D eigenvalue weighted by atomic mass is 10.2. The van der Waals surface area contributed by atoms with E-state index in [1.807, 2.05) is 0 Å². The summed E-state index contributed by atoms with van der Waals surface area (Å²) < 4.78 is 66.2. The summed E-state index contributed by atoms with van der Waals surface area (Å²) in [6, 6.07) is 9.40.